The molecule has 0 bridgehead atoms. The third-order valence-corrected chi connectivity index (χ3v) is 9.06. The van der Waals surface area contributed by atoms with Gasteiger partial charge < -0.3 is 15.3 Å². The lowest BCUT2D eigenvalue weighted by atomic mass is 9.99. The number of benzene rings is 1. The lowest BCUT2D eigenvalue weighted by molar-refractivity contribution is -0.213. The number of aromatic nitrogens is 2. The molecule has 0 saturated carbocycles. The van der Waals surface area contributed by atoms with Gasteiger partial charge in [0, 0.05) is 44.1 Å². The first kappa shape index (κ1) is 24.1. The fourth-order valence-corrected chi connectivity index (χ4v) is 7.23. The molecule has 2 aromatic rings. The van der Waals surface area contributed by atoms with Crippen LogP contribution in [0.5, 0.6) is 0 Å². The van der Waals surface area contributed by atoms with Crippen LogP contribution in [0.25, 0.3) is 0 Å². The van der Waals surface area contributed by atoms with Crippen LogP contribution in [0.3, 0.4) is 0 Å². The highest BCUT2D eigenvalue weighted by atomic mass is 32.2. The Bertz CT molecular complexity index is 1200. The van der Waals surface area contributed by atoms with Crippen LogP contribution >= 0.6 is 0 Å². The number of fused-ring (bicyclic) bond motifs is 2. The maximum atomic E-state index is 13.6. The number of aryl methyl sites for hydroxylation is 3. The zero-order valence-electron chi connectivity index (χ0n) is 20.8. The van der Waals surface area contributed by atoms with Gasteiger partial charge in [0.05, 0.1) is 17.9 Å². The lowest BCUT2D eigenvalue weighted by Gasteiger charge is -2.39. The highest BCUT2D eigenvalue weighted by Crippen LogP contribution is 2.38. The summed E-state index contributed by atoms with van der Waals surface area (Å²) in [5.74, 6) is 0. The van der Waals surface area contributed by atoms with E-state index in [0.29, 0.717) is 24.6 Å². The molecular formula is C25H35N6O3S-. The molecule has 1 fully saturated rings. The molecule has 3 aliphatic rings. The van der Waals surface area contributed by atoms with Crippen molar-refractivity contribution in [3.8, 4) is 0 Å². The molecule has 5 rings (SSSR count). The van der Waals surface area contributed by atoms with E-state index in [1.165, 1.54) is 21.6 Å². The summed E-state index contributed by atoms with van der Waals surface area (Å²) < 4.78 is 33.8. The van der Waals surface area contributed by atoms with Gasteiger partial charge in [-0.25, -0.2) is 4.31 Å². The van der Waals surface area contributed by atoms with Gasteiger partial charge in [-0.15, -0.1) is 4.40 Å². The monoisotopic (exact) mass is 499 g/mol. The molecule has 9 nitrogen and oxygen atoms in total. The summed E-state index contributed by atoms with van der Waals surface area (Å²) in [5, 5.41) is 20.1. The number of hydrogen-bond acceptors (Lipinski definition) is 5. The molecule has 2 aliphatic carbocycles. The van der Waals surface area contributed by atoms with Crippen LogP contribution in [0.4, 0.5) is 11.4 Å². The van der Waals surface area contributed by atoms with Crippen molar-refractivity contribution >= 4 is 27.6 Å². The number of amidine groups is 1. The Morgan fingerprint density at radius 2 is 1.77 bits per heavy atom. The smallest absolute Gasteiger partial charge is 0.345 e. The third kappa shape index (κ3) is 4.78. The molecule has 1 N–H and O–H groups in total. The molecule has 190 valence electrons. The Labute approximate surface area is 208 Å². The lowest BCUT2D eigenvalue weighted by Crippen LogP contribution is -2.49. The van der Waals surface area contributed by atoms with Crippen LogP contribution in [-0.2, 0) is 42.9 Å². The van der Waals surface area contributed by atoms with Crippen molar-refractivity contribution in [3.63, 3.8) is 0 Å². The zero-order valence-corrected chi connectivity index (χ0v) is 21.6. The fraction of sp³-hybridized carbons (Fsp3) is 0.600. The van der Waals surface area contributed by atoms with E-state index in [0.717, 1.165) is 68.4 Å². The van der Waals surface area contributed by atoms with E-state index in [4.69, 9.17) is 0 Å². The fourth-order valence-electron chi connectivity index (χ4n) is 5.94. The average molecular weight is 500 g/mol. The minimum atomic E-state index is -4.27. The van der Waals surface area contributed by atoms with Crippen molar-refractivity contribution in [3.05, 3.63) is 40.7 Å². The van der Waals surface area contributed by atoms with Gasteiger partial charge in [0.2, 0.25) is 0 Å². The van der Waals surface area contributed by atoms with Crippen LogP contribution < -0.4 is 14.7 Å². The Morgan fingerprint density at radius 1 is 1.14 bits per heavy atom. The molecule has 35 heavy (non-hydrogen) atoms. The predicted octanol–water partition coefficient (Wildman–Crippen LogP) is 2.15. The minimum absolute atomic E-state index is 0.277. The van der Waals surface area contributed by atoms with Crippen molar-refractivity contribution < 1.29 is 13.5 Å². The predicted molar refractivity (Wildman–Crippen MR) is 136 cm³/mol. The summed E-state index contributed by atoms with van der Waals surface area (Å²) in [7, 11) is -2.53. The third-order valence-electron chi connectivity index (χ3n) is 7.66. The largest absolute Gasteiger partial charge is 0.845 e. The molecule has 1 saturated heterocycles. The Morgan fingerprint density at radius 3 is 2.31 bits per heavy atom. The Hall–Kier alpha value is -2.59. The summed E-state index contributed by atoms with van der Waals surface area (Å²) in [5.41, 5.74) is 6.09. The molecule has 0 amide bonds. The van der Waals surface area contributed by atoms with E-state index in [9.17, 15) is 13.5 Å². The molecule has 1 aromatic carbocycles. The second kappa shape index (κ2) is 9.46. The summed E-state index contributed by atoms with van der Waals surface area (Å²) in [4.78, 5) is 2.34. The maximum Gasteiger partial charge on any atom is 0.345 e. The molecule has 1 aromatic heterocycles. The quantitative estimate of drug-likeness (QED) is 0.482. The summed E-state index contributed by atoms with van der Waals surface area (Å²) >= 11 is 0. The number of nitrogens with one attached hydrogen (secondary N) is 1. The van der Waals surface area contributed by atoms with E-state index in [-0.39, 0.29) is 6.04 Å². The van der Waals surface area contributed by atoms with Gasteiger partial charge in [-0.2, -0.15) is 13.5 Å². The SMILES string of the molecule is CC(C)N1CCC(N(c2cnn(C)c2)S(=O)(=O)/N=C(\[O-])Nc2c3c(cc4c2CCC4)CCC3)CC1. The minimum Gasteiger partial charge on any atom is -0.845 e. The second-order valence-corrected chi connectivity index (χ2v) is 11.7. The Balaban J connectivity index is 1.44. The topological polar surface area (TPSA) is 106 Å². The number of nitrogens with zero attached hydrogens (tertiary/aromatic N) is 5. The normalized spacial score (nSPS) is 19.3. The number of rotatable bonds is 6. The van der Waals surface area contributed by atoms with Crippen molar-refractivity contribution in [1.82, 2.24) is 14.7 Å². The van der Waals surface area contributed by atoms with Crippen molar-refractivity contribution in [2.75, 3.05) is 22.7 Å². The summed E-state index contributed by atoms with van der Waals surface area (Å²) in [6.45, 7) is 5.88. The van der Waals surface area contributed by atoms with Crippen molar-refractivity contribution in [2.45, 2.75) is 77.3 Å². The van der Waals surface area contributed by atoms with E-state index >= 15 is 0 Å². The van der Waals surface area contributed by atoms with Crippen molar-refractivity contribution in [2.24, 2.45) is 11.4 Å². The van der Waals surface area contributed by atoms with Gasteiger partial charge >= 0.3 is 10.2 Å². The van der Waals surface area contributed by atoms with E-state index < -0.39 is 16.2 Å². The molecule has 0 unspecified atom stereocenters. The molecule has 0 atom stereocenters. The molecule has 10 heteroatoms. The van der Waals surface area contributed by atoms with Crippen LogP contribution in [0, 0.1) is 0 Å². The van der Waals surface area contributed by atoms with Gasteiger partial charge in [0.1, 0.15) is 0 Å². The zero-order chi connectivity index (χ0) is 24.7. The average Bonchev–Trinajstić information content (AvgIpc) is 3.54. The van der Waals surface area contributed by atoms with Gasteiger partial charge in [0.25, 0.3) is 0 Å². The molecule has 1 aliphatic heterocycles. The van der Waals surface area contributed by atoms with Crippen LogP contribution in [0.1, 0.15) is 61.8 Å². The number of likely N-dealkylation sites (tertiary alicyclic amines) is 1. The molecule has 0 radical (unpaired) electrons. The first-order valence-electron chi connectivity index (χ1n) is 12.7. The van der Waals surface area contributed by atoms with Gasteiger partial charge in [-0.3, -0.25) is 4.68 Å². The van der Waals surface area contributed by atoms with Crippen molar-refractivity contribution in [1.29, 1.82) is 0 Å². The standard InChI is InChI=1S/C25H36N6O3S/c1-17(2)30-12-10-20(11-13-30)31(21-15-26-29(3)16-21)35(33,34)28-25(32)27-24-22-8-4-6-18(22)14-19-7-5-9-23(19)24/h14-17,20H,4-13H2,1-3H3,(H2,27,28,32)/p-1. The van der Waals surface area contributed by atoms with Crippen LogP contribution in [0.15, 0.2) is 22.9 Å². The first-order valence-corrected chi connectivity index (χ1v) is 14.1. The summed E-state index contributed by atoms with van der Waals surface area (Å²) in [6, 6.07) is 1.58. The summed E-state index contributed by atoms with van der Waals surface area (Å²) in [6.07, 6.45) is 10.5. The van der Waals surface area contributed by atoms with Crippen LogP contribution in [0.2, 0.25) is 0 Å². The van der Waals surface area contributed by atoms with E-state index in [1.807, 2.05) is 0 Å². The highest BCUT2D eigenvalue weighted by Gasteiger charge is 2.34. The highest BCUT2D eigenvalue weighted by molar-refractivity contribution is 7.91. The number of hydrogen-bond donors (Lipinski definition) is 1. The second-order valence-electron chi connectivity index (χ2n) is 10.3. The maximum absolute atomic E-state index is 13.6. The Kier molecular flexibility index (Phi) is 6.52. The van der Waals surface area contributed by atoms with Gasteiger partial charge in [-0.1, -0.05) is 6.07 Å². The number of anilines is 2. The van der Waals surface area contributed by atoms with E-state index in [1.54, 1.807) is 17.9 Å². The number of piperidine rings is 1. The molecule has 2 heterocycles. The first-order chi connectivity index (χ1) is 16.7. The molecular weight excluding hydrogens is 464 g/mol. The van der Waals surface area contributed by atoms with Gasteiger partial charge in [0.15, 0.2) is 0 Å². The van der Waals surface area contributed by atoms with E-state index in [2.05, 4.69) is 39.6 Å². The molecule has 0 spiro atoms. The van der Waals surface area contributed by atoms with Gasteiger partial charge in [-0.05, 0) is 87.5 Å². The van der Waals surface area contributed by atoms with Crippen LogP contribution in [-0.4, -0.2) is 54.3 Å².